The normalized spacial score (nSPS) is 12.1. The Kier molecular flexibility index (Phi) is 54.7. The quantitative estimate of drug-likeness (QED) is 0.0262. The van der Waals surface area contributed by atoms with Crippen LogP contribution in [-0.4, -0.2) is 37.2 Å². The van der Waals surface area contributed by atoms with E-state index in [2.05, 4.69) is 45.1 Å². The van der Waals surface area contributed by atoms with Gasteiger partial charge < -0.3 is 14.2 Å². The maximum Gasteiger partial charge on any atom is 0.306 e. The Hall–Kier alpha value is -2.11. The highest BCUT2D eigenvalue weighted by atomic mass is 16.6. The van der Waals surface area contributed by atoms with Crippen LogP contribution in [0.4, 0.5) is 0 Å². The van der Waals surface area contributed by atoms with Gasteiger partial charge in [-0.25, -0.2) is 0 Å². The third-order valence-corrected chi connectivity index (χ3v) is 13.4. The van der Waals surface area contributed by atoms with Gasteiger partial charge >= 0.3 is 17.9 Å². The summed E-state index contributed by atoms with van der Waals surface area (Å²) >= 11 is 0. The molecule has 0 spiro atoms. The number of allylic oxidation sites excluding steroid dienone is 4. The highest BCUT2D eigenvalue weighted by Gasteiger charge is 2.19. The maximum absolute atomic E-state index is 12.8. The first-order valence-electron chi connectivity index (χ1n) is 29.8. The van der Waals surface area contributed by atoms with Crippen molar-refractivity contribution in [1.82, 2.24) is 0 Å². The van der Waals surface area contributed by atoms with E-state index in [-0.39, 0.29) is 31.1 Å². The molecule has 0 saturated carbocycles. The molecule has 0 fully saturated rings. The Morgan fingerprint density at radius 1 is 0.299 bits per heavy atom. The smallest absolute Gasteiger partial charge is 0.306 e. The molecular weight excluding hydrogens is 829 g/mol. The van der Waals surface area contributed by atoms with Crippen molar-refractivity contribution in [3.8, 4) is 0 Å². The van der Waals surface area contributed by atoms with E-state index >= 15 is 0 Å². The lowest BCUT2D eigenvalue weighted by Crippen LogP contribution is -2.30. The summed E-state index contributed by atoms with van der Waals surface area (Å²) in [6, 6.07) is 0. The molecule has 0 saturated heterocycles. The van der Waals surface area contributed by atoms with Crippen LogP contribution < -0.4 is 0 Å². The molecule has 0 aromatic heterocycles. The van der Waals surface area contributed by atoms with E-state index in [1.54, 1.807) is 0 Å². The largest absolute Gasteiger partial charge is 0.462 e. The van der Waals surface area contributed by atoms with E-state index in [4.69, 9.17) is 14.2 Å². The summed E-state index contributed by atoms with van der Waals surface area (Å²) < 4.78 is 16.8. The number of unbranched alkanes of at least 4 members (excludes halogenated alkanes) is 40. The second-order valence-corrected chi connectivity index (χ2v) is 20.3. The Morgan fingerprint density at radius 3 is 0.881 bits per heavy atom. The van der Waals surface area contributed by atoms with Gasteiger partial charge in [0.2, 0.25) is 0 Å². The van der Waals surface area contributed by atoms with Crippen LogP contribution in [0, 0.1) is 0 Å². The molecule has 0 radical (unpaired) electrons. The number of ether oxygens (including phenoxy) is 3. The fourth-order valence-corrected chi connectivity index (χ4v) is 8.95. The highest BCUT2D eigenvalue weighted by Crippen LogP contribution is 2.18. The van der Waals surface area contributed by atoms with Crippen molar-refractivity contribution in [2.75, 3.05) is 13.2 Å². The van der Waals surface area contributed by atoms with Crippen molar-refractivity contribution in [2.24, 2.45) is 0 Å². The molecule has 0 amide bonds. The number of carbonyl (C=O) groups is 3. The number of esters is 3. The predicted molar refractivity (Wildman–Crippen MR) is 289 cm³/mol. The summed E-state index contributed by atoms with van der Waals surface area (Å²) in [7, 11) is 0. The molecule has 0 N–H and O–H groups in total. The van der Waals surface area contributed by atoms with Crippen molar-refractivity contribution in [1.29, 1.82) is 0 Å². The molecule has 0 aliphatic heterocycles. The lowest BCUT2D eigenvalue weighted by Gasteiger charge is -2.18. The van der Waals surface area contributed by atoms with Crippen molar-refractivity contribution >= 4 is 17.9 Å². The van der Waals surface area contributed by atoms with Gasteiger partial charge in [-0.05, 0) is 44.9 Å². The maximum atomic E-state index is 12.8. The molecule has 0 aromatic rings. The molecule has 6 nitrogen and oxygen atoms in total. The number of hydrogen-bond acceptors (Lipinski definition) is 6. The fourth-order valence-electron chi connectivity index (χ4n) is 8.95. The Bertz CT molecular complexity index is 1080. The second-order valence-electron chi connectivity index (χ2n) is 20.3. The first-order chi connectivity index (χ1) is 33.0. The molecule has 1 unspecified atom stereocenters. The molecule has 394 valence electrons. The van der Waals surface area contributed by atoms with E-state index in [9.17, 15) is 14.4 Å². The molecule has 1 atom stereocenters. The minimum absolute atomic E-state index is 0.0718. The van der Waals surface area contributed by atoms with Gasteiger partial charge in [0.25, 0.3) is 0 Å². The zero-order valence-corrected chi connectivity index (χ0v) is 45.2. The summed E-state index contributed by atoms with van der Waals surface area (Å²) in [4.78, 5) is 38.1. The van der Waals surface area contributed by atoms with Gasteiger partial charge in [-0.2, -0.15) is 0 Å². The molecule has 0 rings (SSSR count). The van der Waals surface area contributed by atoms with Crippen molar-refractivity contribution < 1.29 is 28.6 Å². The van der Waals surface area contributed by atoms with Crippen LogP contribution in [0.1, 0.15) is 329 Å². The molecule has 0 heterocycles. The molecule has 0 aromatic carbocycles. The first-order valence-corrected chi connectivity index (χ1v) is 29.8. The Morgan fingerprint density at radius 2 is 0.567 bits per heavy atom. The number of hydrogen-bond donors (Lipinski definition) is 0. The van der Waals surface area contributed by atoms with Crippen LogP contribution in [0.3, 0.4) is 0 Å². The Labute approximate surface area is 417 Å². The molecule has 0 bridgehead atoms. The van der Waals surface area contributed by atoms with Crippen LogP contribution in [0.25, 0.3) is 0 Å². The predicted octanol–water partition coefficient (Wildman–Crippen LogP) is 19.9. The van der Waals surface area contributed by atoms with E-state index in [0.29, 0.717) is 19.3 Å². The van der Waals surface area contributed by atoms with Gasteiger partial charge in [0.05, 0.1) is 0 Å². The third kappa shape index (κ3) is 54.7. The summed E-state index contributed by atoms with van der Waals surface area (Å²) in [6.07, 6.45) is 66.2. The zero-order valence-electron chi connectivity index (χ0n) is 45.2. The van der Waals surface area contributed by atoms with Gasteiger partial charge in [-0.15, -0.1) is 0 Å². The average Bonchev–Trinajstić information content (AvgIpc) is 3.33. The Balaban J connectivity index is 4.15. The average molecular weight is 944 g/mol. The highest BCUT2D eigenvalue weighted by molar-refractivity contribution is 5.71. The fraction of sp³-hybridized carbons (Fsp3) is 0.885. The molecule has 0 aliphatic rings. The summed E-state index contributed by atoms with van der Waals surface area (Å²) in [5.41, 5.74) is 0. The standard InChI is InChI=1S/C61H114O6/c1-4-7-10-13-16-19-22-24-25-26-27-28-29-30-31-32-33-34-35-37-39-42-45-48-51-54-60(63)66-57-58(56-65-59(62)53-50-47-44-41-38-21-18-15-12-9-6-3)67-61(64)55-52-49-46-43-40-36-23-20-17-14-11-8-5-2/h11,14,20,23,58H,4-10,12-13,15-19,21-22,24-57H2,1-3H3/b14-11-,23-20-. The van der Waals surface area contributed by atoms with Crippen molar-refractivity contribution in [2.45, 2.75) is 335 Å². The number of carbonyl (C=O) groups excluding carboxylic acids is 3. The SMILES string of the molecule is CCC/C=C\C/C=C\CCCCCCCC(=O)OC(COC(=O)CCCCCCCCCCCCC)COC(=O)CCCCCCCCCCCCCCCCCCCCCCCCCCC. The summed E-state index contributed by atoms with van der Waals surface area (Å²) in [6.45, 7) is 6.61. The van der Waals surface area contributed by atoms with Crippen LogP contribution in [0.5, 0.6) is 0 Å². The third-order valence-electron chi connectivity index (χ3n) is 13.4. The second kappa shape index (κ2) is 56.5. The minimum atomic E-state index is -0.773. The zero-order chi connectivity index (χ0) is 48.6. The van der Waals surface area contributed by atoms with Crippen LogP contribution in [0.2, 0.25) is 0 Å². The molecule has 0 aliphatic carbocycles. The molecule has 67 heavy (non-hydrogen) atoms. The van der Waals surface area contributed by atoms with Crippen LogP contribution in [0.15, 0.2) is 24.3 Å². The van der Waals surface area contributed by atoms with Gasteiger partial charge in [-0.1, -0.05) is 289 Å². The van der Waals surface area contributed by atoms with Crippen molar-refractivity contribution in [3.05, 3.63) is 24.3 Å². The molecular formula is C61H114O6. The number of rotatable bonds is 55. The van der Waals surface area contributed by atoms with Gasteiger partial charge in [0.1, 0.15) is 13.2 Å². The van der Waals surface area contributed by atoms with Gasteiger partial charge in [0, 0.05) is 19.3 Å². The first kappa shape index (κ1) is 64.9. The summed E-state index contributed by atoms with van der Waals surface area (Å²) in [5.74, 6) is -0.867. The van der Waals surface area contributed by atoms with Gasteiger partial charge in [0.15, 0.2) is 6.10 Å². The van der Waals surface area contributed by atoms with E-state index in [1.807, 2.05) is 0 Å². The van der Waals surface area contributed by atoms with Crippen molar-refractivity contribution in [3.63, 3.8) is 0 Å². The van der Waals surface area contributed by atoms with Crippen LogP contribution >= 0.6 is 0 Å². The lowest BCUT2D eigenvalue weighted by atomic mass is 10.0. The lowest BCUT2D eigenvalue weighted by molar-refractivity contribution is -0.167. The van der Waals surface area contributed by atoms with Gasteiger partial charge in [-0.3, -0.25) is 14.4 Å². The van der Waals surface area contributed by atoms with E-state index < -0.39 is 6.10 Å². The minimum Gasteiger partial charge on any atom is -0.462 e. The monoisotopic (exact) mass is 943 g/mol. The van der Waals surface area contributed by atoms with E-state index in [0.717, 1.165) is 89.9 Å². The van der Waals surface area contributed by atoms with E-state index in [1.165, 1.54) is 199 Å². The summed E-state index contributed by atoms with van der Waals surface area (Å²) in [5, 5.41) is 0. The topological polar surface area (TPSA) is 78.9 Å². The van der Waals surface area contributed by atoms with Crippen LogP contribution in [-0.2, 0) is 28.6 Å². The molecule has 6 heteroatoms.